The van der Waals surface area contributed by atoms with E-state index in [1.807, 2.05) is 6.07 Å². The Balaban J connectivity index is 2.61. The van der Waals surface area contributed by atoms with Gasteiger partial charge in [-0.05, 0) is 6.07 Å². The molecule has 0 saturated carbocycles. The quantitative estimate of drug-likeness (QED) is 0.493. The van der Waals surface area contributed by atoms with Crippen molar-refractivity contribution in [3.63, 3.8) is 0 Å². The van der Waals surface area contributed by atoms with Gasteiger partial charge in [0.2, 0.25) is 0 Å². The van der Waals surface area contributed by atoms with Crippen LogP contribution in [0.15, 0.2) is 18.3 Å². The van der Waals surface area contributed by atoms with Crippen molar-refractivity contribution in [2.24, 2.45) is 0 Å². The molecule has 0 radical (unpaired) electrons. The summed E-state index contributed by atoms with van der Waals surface area (Å²) < 4.78 is 4.72. The van der Waals surface area contributed by atoms with E-state index in [4.69, 9.17) is 4.74 Å². The van der Waals surface area contributed by atoms with Crippen LogP contribution in [0.3, 0.4) is 0 Å². The summed E-state index contributed by atoms with van der Waals surface area (Å²) in [6.45, 7) is 0.377. The number of cyclic esters (lactones) is 1. The third-order valence-electron chi connectivity index (χ3n) is 1.44. The van der Waals surface area contributed by atoms with Gasteiger partial charge in [0.25, 0.3) is 0 Å². The van der Waals surface area contributed by atoms with E-state index in [0.717, 1.165) is 5.56 Å². The molecule has 0 aromatic carbocycles. The largest absolute Gasteiger partial charge is 0.456 e. The molecule has 1 aromatic rings. The first-order valence-corrected chi connectivity index (χ1v) is 2.99. The highest BCUT2D eigenvalue weighted by Crippen LogP contribution is 2.15. The molecule has 2 rings (SSSR count). The van der Waals surface area contributed by atoms with E-state index in [0.29, 0.717) is 12.3 Å². The van der Waals surface area contributed by atoms with Crippen LogP contribution in [0.1, 0.15) is 16.1 Å². The van der Waals surface area contributed by atoms with E-state index in [-0.39, 0.29) is 5.97 Å². The minimum Gasteiger partial charge on any atom is -0.456 e. The lowest BCUT2D eigenvalue weighted by atomic mass is 10.2. The normalized spacial score (nSPS) is 14.6. The van der Waals surface area contributed by atoms with Gasteiger partial charge in [0.05, 0.1) is 0 Å². The summed E-state index contributed by atoms with van der Waals surface area (Å²) in [5.41, 5.74) is 1.34. The Morgan fingerprint density at radius 1 is 1.60 bits per heavy atom. The highest BCUT2D eigenvalue weighted by molar-refractivity contribution is 5.90. The summed E-state index contributed by atoms with van der Waals surface area (Å²) >= 11 is 0. The molecule has 0 saturated heterocycles. The van der Waals surface area contributed by atoms with E-state index in [9.17, 15) is 4.79 Å². The van der Waals surface area contributed by atoms with E-state index in [2.05, 4.69) is 4.98 Å². The number of esters is 1. The van der Waals surface area contributed by atoms with Gasteiger partial charge in [-0.25, -0.2) is 9.78 Å². The highest BCUT2D eigenvalue weighted by atomic mass is 16.5. The molecular formula is C7H5NO2. The minimum absolute atomic E-state index is 0.310. The molecule has 2 heterocycles. The number of aromatic nitrogens is 1. The second-order valence-corrected chi connectivity index (χ2v) is 2.09. The van der Waals surface area contributed by atoms with Crippen LogP contribution in [-0.4, -0.2) is 11.0 Å². The topological polar surface area (TPSA) is 39.2 Å². The van der Waals surface area contributed by atoms with Crippen molar-refractivity contribution < 1.29 is 9.53 Å². The minimum atomic E-state index is -0.310. The average Bonchev–Trinajstić information content (AvgIpc) is 2.34. The van der Waals surface area contributed by atoms with Crippen LogP contribution in [0.25, 0.3) is 0 Å². The van der Waals surface area contributed by atoms with Crippen LogP contribution < -0.4 is 0 Å². The van der Waals surface area contributed by atoms with Gasteiger partial charge in [-0.15, -0.1) is 0 Å². The summed E-state index contributed by atoms with van der Waals surface area (Å²) in [6.07, 6.45) is 1.59. The van der Waals surface area contributed by atoms with E-state index >= 15 is 0 Å². The van der Waals surface area contributed by atoms with Crippen LogP contribution in [0, 0.1) is 0 Å². The van der Waals surface area contributed by atoms with Gasteiger partial charge >= 0.3 is 5.97 Å². The molecule has 3 nitrogen and oxygen atoms in total. The summed E-state index contributed by atoms with van der Waals surface area (Å²) in [4.78, 5) is 14.6. The zero-order valence-corrected chi connectivity index (χ0v) is 5.20. The fourth-order valence-corrected chi connectivity index (χ4v) is 0.951. The van der Waals surface area contributed by atoms with Crippen molar-refractivity contribution in [3.05, 3.63) is 29.6 Å². The average molecular weight is 135 g/mol. The lowest BCUT2D eigenvalue weighted by Crippen LogP contribution is -1.95. The van der Waals surface area contributed by atoms with Gasteiger partial charge in [-0.3, -0.25) is 0 Å². The van der Waals surface area contributed by atoms with Gasteiger partial charge in [0, 0.05) is 11.8 Å². The zero-order chi connectivity index (χ0) is 6.97. The lowest BCUT2D eigenvalue weighted by Gasteiger charge is -1.86. The van der Waals surface area contributed by atoms with Gasteiger partial charge in [-0.2, -0.15) is 0 Å². The van der Waals surface area contributed by atoms with Crippen LogP contribution in [0.5, 0.6) is 0 Å². The monoisotopic (exact) mass is 135 g/mol. The Morgan fingerprint density at radius 2 is 2.50 bits per heavy atom. The molecule has 0 amide bonds. The summed E-state index contributed by atoms with van der Waals surface area (Å²) in [6, 6.07) is 3.63. The fourth-order valence-electron chi connectivity index (χ4n) is 0.951. The number of carbonyl (C=O) groups is 1. The molecule has 0 atom stereocenters. The first-order valence-electron chi connectivity index (χ1n) is 2.99. The Bertz CT molecular complexity index is 283. The third kappa shape index (κ3) is 0.603. The fraction of sp³-hybridized carbons (Fsp3) is 0.143. The Morgan fingerprint density at radius 3 is 3.30 bits per heavy atom. The van der Waals surface area contributed by atoms with E-state index < -0.39 is 0 Å². The molecule has 1 aliphatic heterocycles. The predicted octanol–water partition coefficient (Wildman–Crippen LogP) is 0.752. The summed E-state index contributed by atoms with van der Waals surface area (Å²) in [7, 11) is 0. The molecule has 0 spiro atoms. The maximum absolute atomic E-state index is 10.8. The Labute approximate surface area is 57.7 Å². The molecule has 0 bridgehead atoms. The predicted molar refractivity (Wildman–Crippen MR) is 33.4 cm³/mol. The van der Waals surface area contributed by atoms with Crippen molar-refractivity contribution in [3.8, 4) is 0 Å². The van der Waals surface area contributed by atoms with Crippen molar-refractivity contribution in [2.75, 3.05) is 0 Å². The van der Waals surface area contributed by atoms with Crippen LogP contribution >= 0.6 is 0 Å². The molecular weight excluding hydrogens is 130 g/mol. The molecule has 0 unspecified atom stereocenters. The summed E-state index contributed by atoms with van der Waals surface area (Å²) in [5.74, 6) is -0.310. The summed E-state index contributed by atoms with van der Waals surface area (Å²) in [5, 5.41) is 0. The second-order valence-electron chi connectivity index (χ2n) is 2.09. The number of rotatable bonds is 0. The lowest BCUT2D eigenvalue weighted by molar-refractivity contribution is 0.0531. The van der Waals surface area contributed by atoms with Crippen LogP contribution in [-0.2, 0) is 11.3 Å². The molecule has 0 N–H and O–H groups in total. The maximum Gasteiger partial charge on any atom is 0.357 e. The number of hydrogen-bond acceptors (Lipinski definition) is 3. The second kappa shape index (κ2) is 1.80. The van der Waals surface area contributed by atoms with Crippen LogP contribution in [0.4, 0.5) is 0 Å². The first-order chi connectivity index (χ1) is 4.88. The standard InChI is InChI=1S/C7H5NO2/c9-7-6-5(4-10-7)2-1-3-8-6/h1-3H,4H2. The number of ether oxygens (including phenoxy) is 1. The van der Waals surface area contributed by atoms with E-state index in [1.165, 1.54) is 0 Å². The van der Waals surface area contributed by atoms with Crippen molar-refractivity contribution in [2.45, 2.75) is 6.61 Å². The van der Waals surface area contributed by atoms with E-state index in [1.54, 1.807) is 12.3 Å². The number of fused-ring (bicyclic) bond motifs is 1. The van der Waals surface area contributed by atoms with Gasteiger partial charge < -0.3 is 4.74 Å². The first kappa shape index (κ1) is 5.41. The van der Waals surface area contributed by atoms with Crippen molar-refractivity contribution in [1.29, 1.82) is 0 Å². The van der Waals surface area contributed by atoms with Crippen molar-refractivity contribution in [1.82, 2.24) is 4.98 Å². The Hall–Kier alpha value is -1.38. The molecule has 3 heteroatoms. The molecule has 0 aliphatic carbocycles. The smallest absolute Gasteiger partial charge is 0.357 e. The third-order valence-corrected chi connectivity index (χ3v) is 1.44. The van der Waals surface area contributed by atoms with Gasteiger partial charge in [0.15, 0.2) is 5.69 Å². The van der Waals surface area contributed by atoms with Crippen LogP contribution in [0.2, 0.25) is 0 Å². The molecule has 1 aliphatic rings. The zero-order valence-electron chi connectivity index (χ0n) is 5.20. The number of hydrogen-bond donors (Lipinski definition) is 0. The molecule has 1 aromatic heterocycles. The maximum atomic E-state index is 10.8. The number of nitrogens with zero attached hydrogens (tertiary/aromatic N) is 1. The van der Waals surface area contributed by atoms with Gasteiger partial charge in [-0.1, -0.05) is 6.07 Å². The Kier molecular flexibility index (Phi) is 0.974. The highest BCUT2D eigenvalue weighted by Gasteiger charge is 2.20. The van der Waals surface area contributed by atoms with Gasteiger partial charge in [0.1, 0.15) is 6.61 Å². The SMILES string of the molecule is O=C1OCc2cccnc21. The van der Waals surface area contributed by atoms with Crippen molar-refractivity contribution >= 4 is 5.97 Å². The molecule has 0 fully saturated rings. The molecule has 50 valence electrons. The number of carbonyl (C=O) groups excluding carboxylic acids is 1. The number of pyridine rings is 1. The molecule has 10 heavy (non-hydrogen) atoms.